The Kier molecular flexibility index (Phi) is 4.75. The van der Waals surface area contributed by atoms with Crippen LogP contribution in [0.1, 0.15) is 15.9 Å². The van der Waals surface area contributed by atoms with Gasteiger partial charge in [0.15, 0.2) is 0 Å². The molecule has 22 heavy (non-hydrogen) atoms. The van der Waals surface area contributed by atoms with Crippen LogP contribution in [0.25, 0.3) is 0 Å². The van der Waals surface area contributed by atoms with Crippen LogP contribution < -0.4 is 4.74 Å². The van der Waals surface area contributed by atoms with Crippen molar-refractivity contribution in [3.63, 3.8) is 0 Å². The second-order valence-corrected chi connectivity index (χ2v) is 6.21. The summed E-state index contributed by atoms with van der Waals surface area (Å²) >= 11 is 1.57. The normalized spacial score (nSPS) is 15.8. The molecule has 1 saturated heterocycles. The number of hydrogen-bond donors (Lipinski definition) is 0. The van der Waals surface area contributed by atoms with Gasteiger partial charge in [-0.1, -0.05) is 12.1 Å². The van der Waals surface area contributed by atoms with E-state index in [2.05, 4.69) is 17.0 Å². The maximum atomic E-state index is 12.3. The molecule has 0 spiro atoms. The van der Waals surface area contributed by atoms with Crippen molar-refractivity contribution >= 4 is 17.2 Å². The Morgan fingerprint density at radius 3 is 2.45 bits per heavy atom. The third-order valence-corrected chi connectivity index (χ3v) is 4.68. The Morgan fingerprint density at radius 1 is 1.14 bits per heavy atom. The lowest BCUT2D eigenvalue weighted by Gasteiger charge is -2.34. The molecule has 1 aliphatic rings. The highest BCUT2D eigenvalue weighted by Gasteiger charge is 2.22. The van der Waals surface area contributed by atoms with Crippen LogP contribution in [0, 0.1) is 0 Å². The first-order valence-electron chi connectivity index (χ1n) is 7.43. The Bertz CT molecular complexity index is 602. The average Bonchev–Trinajstić information content (AvgIpc) is 3.10. The Balaban J connectivity index is 1.52. The number of carbonyl (C=O) groups is 1. The van der Waals surface area contributed by atoms with Gasteiger partial charge in [-0.05, 0) is 29.1 Å². The Labute approximate surface area is 134 Å². The summed E-state index contributed by atoms with van der Waals surface area (Å²) in [5.74, 6) is 1.04. The van der Waals surface area contributed by atoms with Gasteiger partial charge in [0, 0.05) is 38.1 Å². The summed E-state index contributed by atoms with van der Waals surface area (Å²) in [7, 11) is 1.68. The maximum Gasteiger partial charge on any atom is 0.254 e. The minimum Gasteiger partial charge on any atom is -0.497 e. The van der Waals surface area contributed by atoms with E-state index in [1.807, 2.05) is 33.9 Å². The molecule has 1 amide bonds. The third kappa shape index (κ3) is 3.48. The lowest BCUT2D eigenvalue weighted by molar-refractivity contribution is 0.0629. The molecular formula is C17H20N2O2S. The largest absolute Gasteiger partial charge is 0.497 e. The van der Waals surface area contributed by atoms with Gasteiger partial charge in [0.1, 0.15) is 5.75 Å². The number of ether oxygens (including phenoxy) is 1. The van der Waals surface area contributed by atoms with Crippen molar-refractivity contribution in [2.75, 3.05) is 33.3 Å². The summed E-state index contributed by atoms with van der Waals surface area (Å²) in [6.45, 7) is 4.35. The zero-order valence-corrected chi connectivity index (χ0v) is 13.5. The molecule has 0 aliphatic carbocycles. The van der Waals surface area contributed by atoms with Gasteiger partial charge in [0.25, 0.3) is 5.91 Å². The van der Waals surface area contributed by atoms with E-state index in [1.54, 1.807) is 18.4 Å². The summed E-state index contributed by atoms with van der Waals surface area (Å²) in [4.78, 5) is 16.6. The van der Waals surface area contributed by atoms with E-state index < -0.39 is 0 Å². The lowest BCUT2D eigenvalue weighted by Crippen LogP contribution is -2.48. The zero-order chi connectivity index (χ0) is 15.4. The van der Waals surface area contributed by atoms with Gasteiger partial charge < -0.3 is 9.64 Å². The number of nitrogens with zero attached hydrogens (tertiary/aromatic N) is 2. The van der Waals surface area contributed by atoms with E-state index in [-0.39, 0.29) is 5.91 Å². The molecule has 1 aromatic carbocycles. The quantitative estimate of drug-likeness (QED) is 0.869. The van der Waals surface area contributed by atoms with Crippen LogP contribution in [0.15, 0.2) is 41.1 Å². The summed E-state index contributed by atoms with van der Waals surface area (Å²) in [5.41, 5.74) is 2.09. The molecule has 1 aliphatic heterocycles. The molecule has 5 heteroatoms. The number of thiophene rings is 1. The van der Waals surface area contributed by atoms with Crippen LogP contribution >= 0.6 is 11.3 Å². The van der Waals surface area contributed by atoms with Crippen LogP contribution in [0.4, 0.5) is 0 Å². The van der Waals surface area contributed by atoms with Crippen LogP contribution in [0.3, 0.4) is 0 Å². The van der Waals surface area contributed by atoms with Gasteiger partial charge in [-0.15, -0.1) is 0 Å². The van der Waals surface area contributed by atoms with Crippen LogP contribution in [-0.4, -0.2) is 49.0 Å². The molecule has 0 radical (unpaired) electrons. The van der Waals surface area contributed by atoms with Gasteiger partial charge in [-0.2, -0.15) is 11.3 Å². The van der Waals surface area contributed by atoms with Crippen LogP contribution in [0.2, 0.25) is 0 Å². The monoisotopic (exact) mass is 316 g/mol. The molecule has 4 nitrogen and oxygen atoms in total. The minimum atomic E-state index is 0.158. The standard InChI is InChI=1S/C17H20N2O2S/c1-21-16-4-2-14(3-5-16)12-18-7-9-19(10-8-18)17(20)15-6-11-22-13-15/h2-6,11,13H,7-10,12H2,1H3. The van der Waals surface area contributed by atoms with Gasteiger partial charge >= 0.3 is 0 Å². The molecule has 1 fully saturated rings. The van der Waals surface area contributed by atoms with Crippen molar-refractivity contribution < 1.29 is 9.53 Å². The molecule has 0 atom stereocenters. The average molecular weight is 316 g/mol. The summed E-state index contributed by atoms with van der Waals surface area (Å²) in [5, 5.41) is 3.87. The fourth-order valence-corrected chi connectivity index (χ4v) is 3.30. The first kappa shape index (κ1) is 15.1. The van der Waals surface area contributed by atoms with Crippen molar-refractivity contribution in [3.8, 4) is 5.75 Å². The van der Waals surface area contributed by atoms with Crippen molar-refractivity contribution in [3.05, 3.63) is 52.2 Å². The van der Waals surface area contributed by atoms with Gasteiger partial charge in [0.05, 0.1) is 12.7 Å². The second-order valence-electron chi connectivity index (χ2n) is 5.43. The number of methoxy groups -OCH3 is 1. The van der Waals surface area contributed by atoms with Crippen LogP contribution in [0.5, 0.6) is 5.75 Å². The fraction of sp³-hybridized carbons (Fsp3) is 0.353. The SMILES string of the molecule is COc1ccc(CN2CCN(C(=O)c3ccsc3)CC2)cc1. The predicted octanol–water partition coefficient (Wildman–Crippen LogP) is 2.71. The number of piperazine rings is 1. The lowest BCUT2D eigenvalue weighted by atomic mass is 10.2. The summed E-state index contributed by atoms with van der Waals surface area (Å²) in [6, 6.07) is 10.1. The van der Waals surface area contributed by atoms with Crippen molar-refractivity contribution in [2.24, 2.45) is 0 Å². The zero-order valence-electron chi connectivity index (χ0n) is 12.7. The Morgan fingerprint density at radius 2 is 1.86 bits per heavy atom. The topological polar surface area (TPSA) is 32.8 Å². The first-order valence-corrected chi connectivity index (χ1v) is 8.37. The number of benzene rings is 1. The molecule has 116 valence electrons. The van der Waals surface area contributed by atoms with E-state index in [0.29, 0.717) is 0 Å². The molecule has 0 saturated carbocycles. The molecule has 3 rings (SSSR count). The van der Waals surface area contributed by atoms with E-state index in [4.69, 9.17) is 4.74 Å². The number of carbonyl (C=O) groups excluding carboxylic acids is 1. The molecule has 0 unspecified atom stereocenters. The van der Waals surface area contributed by atoms with Gasteiger partial charge in [0.2, 0.25) is 0 Å². The number of amides is 1. The molecule has 2 aromatic rings. The van der Waals surface area contributed by atoms with Crippen molar-refractivity contribution in [2.45, 2.75) is 6.54 Å². The first-order chi connectivity index (χ1) is 10.8. The van der Waals surface area contributed by atoms with Crippen molar-refractivity contribution in [1.29, 1.82) is 0 Å². The molecule has 0 N–H and O–H groups in total. The smallest absolute Gasteiger partial charge is 0.254 e. The van der Waals surface area contributed by atoms with E-state index in [9.17, 15) is 4.79 Å². The Hall–Kier alpha value is -1.85. The molecule has 1 aromatic heterocycles. The minimum absolute atomic E-state index is 0.158. The van der Waals surface area contributed by atoms with Gasteiger partial charge in [-0.25, -0.2) is 0 Å². The van der Waals surface area contributed by atoms with Crippen molar-refractivity contribution in [1.82, 2.24) is 9.80 Å². The molecular weight excluding hydrogens is 296 g/mol. The van der Waals surface area contributed by atoms with E-state index in [0.717, 1.165) is 44.0 Å². The highest BCUT2D eigenvalue weighted by atomic mass is 32.1. The highest BCUT2D eigenvalue weighted by molar-refractivity contribution is 7.08. The number of rotatable bonds is 4. The number of hydrogen-bond acceptors (Lipinski definition) is 4. The predicted molar refractivity (Wildman–Crippen MR) is 88.5 cm³/mol. The second kappa shape index (κ2) is 6.94. The third-order valence-electron chi connectivity index (χ3n) is 3.99. The molecule has 0 bridgehead atoms. The maximum absolute atomic E-state index is 12.3. The van der Waals surface area contributed by atoms with Gasteiger partial charge in [-0.3, -0.25) is 9.69 Å². The van der Waals surface area contributed by atoms with Crippen LogP contribution in [-0.2, 0) is 6.54 Å². The van der Waals surface area contributed by atoms with E-state index >= 15 is 0 Å². The summed E-state index contributed by atoms with van der Waals surface area (Å²) < 4.78 is 5.18. The van der Waals surface area contributed by atoms with E-state index in [1.165, 1.54) is 5.56 Å². The highest BCUT2D eigenvalue weighted by Crippen LogP contribution is 2.15. The molecule has 2 heterocycles. The fourth-order valence-electron chi connectivity index (χ4n) is 2.67. The summed E-state index contributed by atoms with van der Waals surface area (Å²) in [6.07, 6.45) is 0.